The highest BCUT2D eigenvalue weighted by Gasteiger charge is 2.32. The number of carboxylic acid groups (broad SMARTS) is 2. The number of rotatable bonds is 16. The first kappa shape index (κ1) is 31.6. The van der Waals surface area contributed by atoms with Crippen molar-refractivity contribution in [3.8, 4) is 0 Å². The minimum absolute atomic E-state index is 0.141. The van der Waals surface area contributed by atoms with E-state index in [1.807, 2.05) is 24.3 Å². The lowest BCUT2D eigenvalue weighted by molar-refractivity contribution is -0.144. The van der Waals surface area contributed by atoms with Crippen molar-refractivity contribution in [3.05, 3.63) is 36.0 Å². The van der Waals surface area contributed by atoms with Crippen LogP contribution < -0.4 is 21.7 Å². The van der Waals surface area contributed by atoms with Crippen molar-refractivity contribution in [2.24, 2.45) is 11.7 Å². The number of hydrogen-bond acceptors (Lipinski definition) is 7. The molecule has 0 aliphatic carbocycles. The first-order chi connectivity index (χ1) is 18.5. The number of aliphatic carboxylic acids is 2. The number of para-hydroxylation sites is 1. The Labute approximate surface area is 230 Å². The summed E-state index contributed by atoms with van der Waals surface area (Å²) in [6, 6.07) is 2.60. The van der Waals surface area contributed by atoms with Crippen LogP contribution >= 0.6 is 11.8 Å². The zero-order valence-corrected chi connectivity index (χ0v) is 23.0. The van der Waals surface area contributed by atoms with E-state index in [2.05, 4.69) is 20.9 Å². The number of aromatic nitrogens is 1. The summed E-state index contributed by atoms with van der Waals surface area (Å²) < 4.78 is 0. The number of aromatic amines is 1. The Bertz CT molecular complexity index is 1170. The van der Waals surface area contributed by atoms with Gasteiger partial charge in [0.2, 0.25) is 17.7 Å². The number of benzene rings is 1. The van der Waals surface area contributed by atoms with E-state index in [0.717, 1.165) is 16.5 Å². The van der Waals surface area contributed by atoms with E-state index in [4.69, 9.17) is 5.73 Å². The van der Waals surface area contributed by atoms with Gasteiger partial charge in [-0.15, -0.1) is 0 Å². The molecule has 5 unspecified atom stereocenters. The third kappa shape index (κ3) is 9.29. The second-order valence-corrected chi connectivity index (χ2v) is 10.4. The lowest BCUT2D eigenvalue weighted by Gasteiger charge is -2.26. The maximum Gasteiger partial charge on any atom is 0.326 e. The van der Waals surface area contributed by atoms with E-state index in [1.165, 1.54) is 11.8 Å². The van der Waals surface area contributed by atoms with Crippen LogP contribution in [0.2, 0.25) is 0 Å². The Hall–Kier alpha value is -3.58. The van der Waals surface area contributed by atoms with Crippen LogP contribution in [0.15, 0.2) is 30.5 Å². The summed E-state index contributed by atoms with van der Waals surface area (Å²) in [6.07, 6.45) is 3.61. The number of nitrogens with two attached hydrogens (primary N) is 1. The highest BCUT2D eigenvalue weighted by molar-refractivity contribution is 7.98. The van der Waals surface area contributed by atoms with Crippen LogP contribution in [0.5, 0.6) is 0 Å². The molecular weight excluding hydrogens is 526 g/mol. The molecule has 39 heavy (non-hydrogen) atoms. The van der Waals surface area contributed by atoms with Gasteiger partial charge in [-0.05, 0) is 42.4 Å². The van der Waals surface area contributed by atoms with E-state index in [9.17, 15) is 34.2 Å². The van der Waals surface area contributed by atoms with Gasteiger partial charge in [-0.25, -0.2) is 4.79 Å². The smallest absolute Gasteiger partial charge is 0.326 e. The minimum Gasteiger partial charge on any atom is -0.481 e. The maximum absolute atomic E-state index is 13.1. The molecule has 2 aromatic rings. The normalized spacial score (nSPS) is 15.0. The van der Waals surface area contributed by atoms with Crippen LogP contribution in [0.4, 0.5) is 0 Å². The Morgan fingerprint density at radius 3 is 2.26 bits per heavy atom. The van der Waals surface area contributed by atoms with Gasteiger partial charge >= 0.3 is 11.9 Å². The molecule has 1 heterocycles. The van der Waals surface area contributed by atoms with Crippen LogP contribution in [0.3, 0.4) is 0 Å². The predicted octanol–water partition coefficient (Wildman–Crippen LogP) is 0.851. The summed E-state index contributed by atoms with van der Waals surface area (Å²) in [7, 11) is 0. The number of carbonyl (C=O) groups excluding carboxylic acids is 3. The fourth-order valence-corrected chi connectivity index (χ4v) is 4.48. The molecule has 1 aromatic heterocycles. The fourth-order valence-electron chi connectivity index (χ4n) is 4.01. The Balaban J connectivity index is 2.13. The average Bonchev–Trinajstić information content (AvgIpc) is 3.30. The number of H-pyrrole nitrogens is 1. The van der Waals surface area contributed by atoms with Crippen LogP contribution in [0.1, 0.15) is 38.7 Å². The first-order valence-corrected chi connectivity index (χ1v) is 14.0. The summed E-state index contributed by atoms with van der Waals surface area (Å²) >= 11 is 1.42. The zero-order chi connectivity index (χ0) is 29.1. The molecule has 5 atom stereocenters. The molecule has 1 aromatic carbocycles. The highest BCUT2D eigenvalue weighted by Crippen LogP contribution is 2.19. The Kier molecular flexibility index (Phi) is 12.3. The molecule has 2 rings (SSSR count). The van der Waals surface area contributed by atoms with Gasteiger partial charge in [0.05, 0.1) is 12.5 Å². The summed E-state index contributed by atoms with van der Waals surface area (Å²) in [5, 5.41) is 27.1. The van der Waals surface area contributed by atoms with Crippen molar-refractivity contribution in [1.82, 2.24) is 20.9 Å². The van der Waals surface area contributed by atoms with Crippen LogP contribution in [-0.4, -0.2) is 81.0 Å². The molecule has 0 aliphatic rings. The van der Waals surface area contributed by atoms with Crippen LogP contribution in [-0.2, 0) is 30.4 Å². The van der Waals surface area contributed by atoms with Crippen molar-refractivity contribution in [3.63, 3.8) is 0 Å². The molecule has 0 radical (unpaired) electrons. The van der Waals surface area contributed by atoms with Crippen molar-refractivity contribution in [1.29, 1.82) is 0 Å². The molecule has 0 fully saturated rings. The topological polar surface area (TPSA) is 204 Å². The second-order valence-electron chi connectivity index (χ2n) is 9.38. The van der Waals surface area contributed by atoms with E-state index < -0.39 is 60.2 Å². The zero-order valence-electron chi connectivity index (χ0n) is 22.2. The summed E-state index contributed by atoms with van der Waals surface area (Å²) in [6.45, 7) is 3.48. The second kappa shape index (κ2) is 15.1. The average molecular weight is 564 g/mol. The summed E-state index contributed by atoms with van der Waals surface area (Å²) in [5.74, 6) is -4.76. The van der Waals surface area contributed by atoms with Gasteiger partial charge in [0, 0.05) is 17.1 Å². The van der Waals surface area contributed by atoms with Crippen molar-refractivity contribution >= 4 is 52.3 Å². The van der Waals surface area contributed by atoms with E-state index in [1.54, 1.807) is 26.3 Å². The fraction of sp³-hybridized carbons (Fsp3) is 0.500. The molecular formula is C26H37N5O7S. The Morgan fingerprint density at radius 1 is 1.00 bits per heavy atom. The lowest BCUT2D eigenvalue weighted by atomic mass is 9.98. The van der Waals surface area contributed by atoms with Crippen molar-refractivity contribution < 1.29 is 34.2 Å². The number of carboxylic acids is 2. The number of thioether (sulfide) groups is 1. The van der Waals surface area contributed by atoms with E-state index >= 15 is 0 Å². The number of nitrogens with one attached hydrogen (secondary N) is 4. The molecule has 0 saturated heterocycles. The first-order valence-electron chi connectivity index (χ1n) is 12.6. The summed E-state index contributed by atoms with van der Waals surface area (Å²) in [4.78, 5) is 65.1. The highest BCUT2D eigenvalue weighted by atomic mass is 32.2. The molecule has 8 N–H and O–H groups in total. The molecule has 12 nitrogen and oxygen atoms in total. The van der Waals surface area contributed by atoms with Gasteiger partial charge in [-0.3, -0.25) is 19.2 Å². The summed E-state index contributed by atoms with van der Waals surface area (Å²) in [5.41, 5.74) is 7.75. The third-order valence-electron chi connectivity index (χ3n) is 6.48. The predicted molar refractivity (Wildman–Crippen MR) is 148 cm³/mol. The number of hydrogen-bond donors (Lipinski definition) is 7. The van der Waals surface area contributed by atoms with Gasteiger partial charge in [0.1, 0.15) is 18.1 Å². The van der Waals surface area contributed by atoms with Gasteiger partial charge < -0.3 is 36.9 Å². The molecule has 0 spiro atoms. The maximum atomic E-state index is 13.1. The van der Waals surface area contributed by atoms with Crippen molar-refractivity contribution in [2.45, 2.75) is 63.7 Å². The molecule has 0 aliphatic heterocycles. The van der Waals surface area contributed by atoms with E-state index in [-0.39, 0.29) is 18.8 Å². The van der Waals surface area contributed by atoms with Gasteiger partial charge in [0.25, 0.3) is 0 Å². The SMILES string of the molecule is CCC(C)C(NC(=O)C(CCSC)NC(=O)C(CC(=O)O)NC(=O)C(N)Cc1c[nH]c2ccccc12)C(=O)O. The lowest BCUT2D eigenvalue weighted by Crippen LogP contribution is -2.58. The van der Waals surface area contributed by atoms with Gasteiger partial charge in [-0.1, -0.05) is 38.5 Å². The molecule has 0 bridgehead atoms. The number of amides is 3. The quantitative estimate of drug-likeness (QED) is 0.154. The molecule has 214 valence electrons. The molecule has 0 saturated carbocycles. The van der Waals surface area contributed by atoms with Crippen LogP contribution in [0.25, 0.3) is 10.9 Å². The third-order valence-corrected chi connectivity index (χ3v) is 7.13. The van der Waals surface area contributed by atoms with Crippen LogP contribution in [0, 0.1) is 5.92 Å². The van der Waals surface area contributed by atoms with Gasteiger partial charge in [0.15, 0.2) is 0 Å². The number of fused-ring (bicyclic) bond motifs is 1. The largest absolute Gasteiger partial charge is 0.481 e. The Morgan fingerprint density at radius 2 is 1.64 bits per heavy atom. The van der Waals surface area contributed by atoms with Gasteiger partial charge in [-0.2, -0.15) is 11.8 Å². The monoisotopic (exact) mass is 563 g/mol. The standard InChI is InChI=1S/C26H37N5O7S/c1-4-14(2)22(26(37)38)31-24(35)19(9-10-39-3)29-25(36)20(12-21(32)33)30-23(34)17(27)11-15-13-28-18-8-6-5-7-16(15)18/h5-8,13-14,17,19-20,22,28H,4,9-12,27H2,1-3H3,(H,29,36)(H,30,34)(H,31,35)(H,32,33)(H,37,38). The van der Waals surface area contributed by atoms with Crippen molar-refractivity contribution in [2.75, 3.05) is 12.0 Å². The number of carbonyl (C=O) groups is 5. The van der Waals surface area contributed by atoms with E-state index in [0.29, 0.717) is 12.2 Å². The molecule has 3 amide bonds. The minimum atomic E-state index is -1.50. The molecule has 13 heteroatoms.